The van der Waals surface area contributed by atoms with Crippen LogP contribution in [-0.4, -0.2) is 55.1 Å². The lowest BCUT2D eigenvalue weighted by molar-refractivity contribution is -0.128. The largest absolute Gasteiger partial charge is 0.450 e. The fourth-order valence-corrected chi connectivity index (χ4v) is 4.21. The topological polar surface area (TPSA) is 147 Å². The van der Waals surface area contributed by atoms with E-state index in [9.17, 15) is 24.0 Å². The Kier molecular flexibility index (Phi) is 8.43. The quantitative estimate of drug-likeness (QED) is 0.337. The maximum absolute atomic E-state index is 12.7. The average molecular weight is 535 g/mol. The number of furan rings is 1. The Morgan fingerprint density at radius 1 is 1.26 bits per heavy atom. The van der Waals surface area contributed by atoms with E-state index in [0.29, 0.717) is 29.3 Å². The van der Waals surface area contributed by atoms with Crippen molar-refractivity contribution in [3.05, 3.63) is 34.5 Å². The van der Waals surface area contributed by atoms with Crippen molar-refractivity contribution in [2.45, 2.75) is 38.8 Å². The lowest BCUT2D eigenvalue weighted by Gasteiger charge is -2.21. The van der Waals surface area contributed by atoms with E-state index in [0.717, 1.165) is 5.39 Å². The number of para-hydroxylation sites is 1. The summed E-state index contributed by atoms with van der Waals surface area (Å²) in [5.41, 5.74) is 0.523. The van der Waals surface area contributed by atoms with Gasteiger partial charge in [-0.25, -0.2) is 0 Å². The maximum atomic E-state index is 12.7. The summed E-state index contributed by atoms with van der Waals surface area (Å²) in [6, 6.07) is 5.25. The number of nitrogens with one attached hydrogen (secondary N) is 4. The van der Waals surface area contributed by atoms with E-state index < -0.39 is 29.8 Å². The minimum Gasteiger partial charge on any atom is -0.450 e. The van der Waals surface area contributed by atoms with E-state index in [1.165, 1.54) is 0 Å². The van der Waals surface area contributed by atoms with E-state index in [1.807, 2.05) is 6.07 Å². The zero-order chi connectivity index (χ0) is 24.8. The summed E-state index contributed by atoms with van der Waals surface area (Å²) in [5.74, 6) is -2.36. The van der Waals surface area contributed by atoms with Crippen molar-refractivity contribution in [3.8, 4) is 0 Å². The molecule has 1 saturated heterocycles. The van der Waals surface area contributed by atoms with E-state index in [2.05, 4.69) is 37.2 Å². The molecule has 1 aromatic heterocycles. The van der Waals surface area contributed by atoms with Crippen LogP contribution in [0, 0.1) is 11.8 Å². The summed E-state index contributed by atoms with van der Waals surface area (Å²) in [6.45, 7) is 3.69. The van der Waals surface area contributed by atoms with Crippen molar-refractivity contribution >= 4 is 56.8 Å². The highest BCUT2D eigenvalue weighted by Crippen LogP contribution is 2.27. The predicted molar refractivity (Wildman–Crippen MR) is 127 cm³/mol. The van der Waals surface area contributed by atoms with Gasteiger partial charge in [0.15, 0.2) is 5.76 Å². The summed E-state index contributed by atoms with van der Waals surface area (Å²) in [7, 11) is 0. The molecule has 0 saturated carbocycles. The highest BCUT2D eigenvalue weighted by molar-refractivity contribution is 9.10. The summed E-state index contributed by atoms with van der Waals surface area (Å²) in [6.07, 6.45) is 1.38. The molecule has 1 aliphatic heterocycles. The first-order chi connectivity index (χ1) is 16.2. The summed E-state index contributed by atoms with van der Waals surface area (Å²) < 4.78 is 6.33. The van der Waals surface area contributed by atoms with Gasteiger partial charge >= 0.3 is 0 Å². The van der Waals surface area contributed by atoms with Crippen LogP contribution >= 0.6 is 15.9 Å². The molecule has 182 valence electrons. The van der Waals surface area contributed by atoms with Gasteiger partial charge < -0.3 is 30.5 Å². The van der Waals surface area contributed by atoms with Crippen LogP contribution in [0.4, 0.5) is 0 Å². The number of fused-ring (bicyclic) bond motifs is 1. The Bertz CT molecular complexity index is 1100. The monoisotopic (exact) mass is 534 g/mol. The molecule has 4 amide bonds. The molecular formula is C23H27BrN4O6. The zero-order valence-electron chi connectivity index (χ0n) is 18.9. The lowest BCUT2D eigenvalue weighted by atomic mass is 9.99. The Labute approximate surface area is 204 Å². The lowest BCUT2D eigenvalue weighted by Crippen LogP contribution is -2.52. The molecule has 1 aromatic carbocycles. The van der Waals surface area contributed by atoms with Gasteiger partial charge in [-0.05, 0) is 46.8 Å². The third-order valence-corrected chi connectivity index (χ3v) is 6.22. The SMILES string of the molecule is CC(C)C(NC(=O)c1cc2cccc(Br)c2o1)C(=O)NCC(=O)NC(C=O)CC1CCNC1=O. The van der Waals surface area contributed by atoms with E-state index in [4.69, 9.17) is 4.42 Å². The van der Waals surface area contributed by atoms with Crippen LogP contribution in [0.3, 0.4) is 0 Å². The zero-order valence-corrected chi connectivity index (χ0v) is 20.4. The van der Waals surface area contributed by atoms with Crippen LogP contribution in [0.5, 0.6) is 0 Å². The molecule has 3 rings (SSSR count). The van der Waals surface area contributed by atoms with Gasteiger partial charge in [0.2, 0.25) is 17.7 Å². The number of rotatable bonds is 10. The number of halogens is 1. The highest BCUT2D eigenvalue weighted by Gasteiger charge is 2.29. The van der Waals surface area contributed by atoms with Crippen molar-refractivity contribution < 1.29 is 28.4 Å². The first-order valence-electron chi connectivity index (χ1n) is 11.0. The van der Waals surface area contributed by atoms with Crippen molar-refractivity contribution in [2.75, 3.05) is 13.1 Å². The van der Waals surface area contributed by atoms with Crippen LogP contribution in [0.2, 0.25) is 0 Å². The minimum atomic E-state index is -0.916. The summed E-state index contributed by atoms with van der Waals surface area (Å²) in [4.78, 5) is 60.7. The molecule has 0 bridgehead atoms. The second-order valence-electron chi connectivity index (χ2n) is 8.50. The van der Waals surface area contributed by atoms with Crippen LogP contribution in [-0.2, 0) is 19.2 Å². The van der Waals surface area contributed by atoms with E-state index in [-0.39, 0.29) is 36.5 Å². The molecular weight excluding hydrogens is 508 g/mol. The fraction of sp³-hybridized carbons (Fsp3) is 0.435. The second kappa shape index (κ2) is 11.3. The van der Waals surface area contributed by atoms with Gasteiger partial charge in [0.1, 0.15) is 17.9 Å². The summed E-state index contributed by atoms with van der Waals surface area (Å²) >= 11 is 3.37. The van der Waals surface area contributed by atoms with Crippen molar-refractivity contribution in [1.82, 2.24) is 21.3 Å². The molecule has 3 atom stereocenters. The average Bonchev–Trinajstić information content (AvgIpc) is 3.42. The molecule has 34 heavy (non-hydrogen) atoms. The minimum absolute atomic E-state index is 0.0582. The van der Waals surface area contributed by atoms with Gasteiger partial charge in [0.05, 0.1) is 17.1 Å². The first-order valence-corrected chi connectivity index (χ1v) is 11.8. The van der Waals surface area contributed by atoms with Crippen molar-refractivity contribution in [1.29, 1.82) is 0 Å². The van der Waals surface area contributed by atoms with Gasteiger partial charge in [-0.3, -0.25) is 19.2 Å². The van der Waals surface area contributed by atoms with Crippen LogP contribution in [0.25, 0.3) is 11.0 Å². The molecule has 2 aromatic rings. The molecule has 1 fully saturated rings. The van der Waals surface area contributed by atoms with Crippen molar-refractivity contribution in [2.24, 2.45) is 11.8 Å². The molecule has 0 aliphatic carbocycles. The Morgan fingerprint density at radius 2 is 2.03 bits per heavy atom. The maximum Gasteiger partial charge on any atom is 0.287 e. The van der Waals surface area contributed by atoms with Crippen molar-refractivity contribution in [3.63, 3.8) is 0 Å². The molecule has 0 radical (unpaired) electrons. The van der Waals surface area contributed by atoms with Crippen LogP contribution < -0.4 is 21.3 Å². The van der Waals surface area contributed by atoms with Gasteiger partial charge in [-0.2, -0.15) is 0 Å². The number of carbonyl (C=O) groups excluding carboxylic acids is 5. The molecule has 4 N–H and O–H groups in total. The normalized spacial score (nSPS) is 17.2. The predicted octanol–water partition coefficient (Wildman–Crippen LogP) is 1.28. The van der Waals surface area contributed by atoms with Gasteiger partial charge in [0.25, 0.3) is 5.91 Å². The second-order valence-corrected chi connectivity index (χ2v) is 9.36. The summed E-state index contributed by atoms with van der Waals surface area (Å²) in [5, 5.41) is 11.1. The van der Waals surface area contributed by atoms with Crippen LogP contribution in [0.15, 0.2) is 33.2 Å². The number of hydrogen-bond acceptors (Lipinski definition) is 6. The fourth-order valence-electron chi connectivity index (χ4n) is 3.75. The number of benzene rings is 1. The highest BCUT2D eigenvalue weighted by atomic mass is 79.9. The molecule has 0 spiro atoms. The standard InChI is InChI=1S/C23H27BrN4O6/c1-12(2)19(28-22(32)17-9-13-4-3-5-16(24)20(13)34-17)23(33)26-10-18(30)27-15(11-29)8-14-6-7-25-21(14)31/h3-5,9,11-12,14-15,19H,6-8,10H2,1-2H3,(H,25,31)(H,26,33)(H,27,30)(H,28,32). The first kappa shape index (κ1) is 25.4. The van der Waals surface area contributed by atoms with E-state index in [1.54, 1.807) is 32.0 Å². The number of carbonyl (C=O) groups is 5. The number of hydrogen-bond donors (Lipinski definition) is 4. The number of aldehydes is 1. The third-order valence-electron chi connectivity index (χ3n) is 5.59. The molecule has 3 unspecified atom stereocenters. The van der Waals surface area contributed by atoms with Gasteiger partial charge in [-0.15, -0.1) is 0 Å². The van der Waals surface area contributed by atoms with Gasteiger partial charge in [-0.1, -0.05) is 26.0 Å². The van der Waals surface area contributed by atoms with Gasteiger partial charge in [0, 0.05) is 17.8 Å². The molecule has 10 nitrogen and oxygen atoms in total. The Hall–Kier alpha value is -3.21. The smallest absolute Gasteiger partial charge is 0.287 e. The Morgan fingerprint density at radius 3 is 2.65 bits per heavy atom. The molecule has 2 heterocycles. The number of amides is 4. The molecule has 1 aliphatic rings. The van der Waals surface area contributed by atoms with Crippen LogP contribution in [0.1, 0.15) is 37.2 Å². The Balaban J connectivity index is 1.54. The molecule has 11 heteroatoms. The van der Waals surface area contributed by atoms with E-state index >= 15 is 0 Å². The third kappa shape index (κ3) is 6.22.